The summed E-state index contributed by atoms with van der Waals surface area (Å²) in [6, 6.07) is 21.1. The highest BCUT2D eigenvalue weighted by Crippen LogP contribution is 2.34. The van der Waals surface area contributed by atoms with Gasteiger partial charge in [-0.1, -0.05) is 59.7 Å². The molecule has 0 fully saturated rings. The van der Waals surface area contributed by atoms with Crippen LogP contribution in [0.25, 0.3) is 5.57 Å². The van der Waals surface area contributed by atoms with Gasteiger partial charge < -0.3 is 5.32 Å². The number of amides is 2. The summed E-state index contributed by atoms with van der Waals surface area (Å²) < 4.78 is 0. The van der Waals surface area contributed by atoms with Gasteiger partial charge in [0.1, 0.15) is 5.70 Å². The van der Waals surface area contributed by atoms with Gasteiger partial charge in [-0.3, -0.25) is 9.59 Å². The summed E-state index contributed by atoms with van der Waals surface area (Å²) in [5.74, 6) is -0.664. The van der Waals surface area contributed by atoms with Crippen LogP contribution in [0.1, 0.15) is 27.8 Å². The number of carbonyl (C=O) groups is 2. The Morgan fingerprint density at radius 3 is 2.03 bits per heavy atom. The van der Waals surface area contributed by atoms with Gasteiger partial charge in [0.25, 0.3) is 11.8 Å². The highest BCUT2D eigenvalue weighted by atomic mass is 16.2. The largest absolute Gasteiger partial charge is 0.350 e. The van der Waals surface area contributed by atoms with Crippen LogP contribution in [0.5, 0.6) is 0 Å². The average molecular weight is 396 g/mol. The van der Waals surface area contributed by atoms with Crippen LogP contribution in [-0.4, -0.2) is 11.8 Å². The summed E-state index contributed by atoms with van der Waals surface area (Å²) >= 11 is 0. The molecule has 30 heavy (non-hydrogen) atoms. The molecule has 150 valence electrons. The van der Waals surface area contributed by atoms with Gasteiger partial charge in [0.2, 0.25) is 0 Å². The van der Waals surface area contributed by atoms with E-state index < -0.39 is 0 Å². The van der Waals surface area contributed by atoms with Crippen LogP contribution in [0, 0.1) is 27.7 Å². The SMILES string of the molecule is Cc1ccc(C2=C(Nc3ccc(C)cc3C)C(=O)N(c3cccc(C)c3)C2=O)cc1. The Kier molecular flexibility index (Phi) is 5.00. The third-order valence-electron chi connectivity index (χ3n) is 5.33. The van der Waals surface area contributed by atoms with E-state index in [4.69, 9.17) is 0 Å². The number of anilines is 2. The molecule has 0 aromatic heterocycles. The second-order valence-corrected chi connectivity index (χ2v) is 7.84. The van der Waals surface area contributed by atoms with Gasteiger partial charge in [0, 0.05) is 5.69 Å². The van der Waals surface area contributed by atoms with Gasteiger partial charge in [-0.2, -0.15) is 0 Å². The van der Waals surface area contributed by atoms with Crippen molar-refractivity contribution in [2.24, 2.45) is 0 Å². The molecule has 4 nitrogen and oxygen atoms in total. The van der Waals surface area contributed by atoms with Gasteiger partial charge >= 0.3 is 0 Å². The van der Waals surface area contributed by atoms with Crippen molar-refractivity contribution in [3.8, 4) is 0 Å². The van der Waals surface area contributed by atoms with Crippen molar-refractivity contribution >= 4 is 28.8 Å². The van der Waals surface area contributed by atoms with Crippen LogP contribution >= 0.6 is 0 Å². The lowest BCUT2D eigenvalue weighted by Gasteiger charge is -2.16. The van der Waals surface area contributed by atoms with Crippen molar-refractivity contribution in [2.75, 3.05) is 10.2 Å². The van der Waals surface area contributed by atoms with Crippen LogP contribution in [-0.2, 0) is 9.59 Å². The first-order chi connectivity index (χ1) is 14.3. The molecule has 1 aliphatic rings. The molecule has 1 aliphatic heterocycles. The Bertz CT molecular complexity index is 1190. The van der Waals surface area contributed by atoms with Crippen LogP contribution in [0.4, 0.5) is 11.4 Å². The Morgan fingerprint density at radius 2 is 1.37 bits per heavy atom. The van der Waals surface area contributed by atoms with Gasteiger partial charge in [0.05, 0.1) is 11.3 Å². The summed E-state index contributed by atoms with van der Waals surface area (Å²) in [6.45, 7) is 7.95. The fourth-order valence-electron chi connectivity index (χ4n) is 3.72. The minimum absolute atomic E-state index is 0.303. The molecule has 4 rings (SSSR count). The van der Waals surface area contributed by atoms with Crippen molar-refractivity contribution in [3.63, 3.8) is 0 Å². The maximum Gasteiger partial charge on any atom is 0.282 e. The summed E-state index contributed by atoms with van der Waals surface area (Å²) in [6.07, 6.45) is 0. The molecule has 0 spiro atoms. The molecule has 2 amide bonds. The maximum atomic E-state index is 13.5. The molecule has 3 aromatic carbocycles. The molecular formula is C26H24N2O2. The Hall–Kier alpha value is -3.66. The Labute approximate surface area is 176 Å². The van der Waals surface area contributed by atoms with Gasteiger partial charge in [-0.25, -0.2) is 4.90 Å². The molecule has 4 heteroatoms. The highest BCUT2D eigenvalue weighted by molar-refractivity contribution is 6.46. The zero-order chi connectivity index (χ0) is 21.4. The highest BCUT2D eigenvalue weighted by Gasteiger charge is 2.40. The number of imide groups is 1. The fraction of sp³-hybridized carbons (Fsp3) is 0.154. The number of nitrogens with zero attached hydrogens (tertiary/aromatic N) is 1. The first kappa shape index (κ1) is 19.6. The van der Waals surface area contributed by atoms with E-state index in [1.165, 1.54) is 4.90 Å². The first-order valence-corrected chi connectivity index (χ1v) is 9.96. The standard InChI is InChI=1S/C26H24N2O2/c1-16-8-11-20(12-9-16)23-24(27-22-13-10-18(3)14-19(22)4)26(30)28(25(23)29)21-7-5-6-17(2)15-21/h5-15,27H,1-4H3. The normalized spacial score (nSPS) is 13.9. The number of benzene rings is 3. The second-order valence-electron chi connectivity index (χ2n) is 7.84. The molecule has 3 aromatic rings. The molecular weight excluding hydrogens is 372 g/mol. The summed E-state index contributed by atoms with van der Waals surface area (Å²) in [5, 5.41) is 3.26. The topological polar surface area (TPSA) is 49.4 Å². The van der Waals surface area contributed by atoms with Crippen LogP contribution in [0.2, 0.25) is 0 Å². The Morgan fingerprint density at radius 1 is 0.700 bits per heavy atom. The number of aryl methyl sites for hydroxylation is 4. The molecule has 1 heterocycles. The molecule has 1 N–H and O–H groups in total. The van der Waals surface area contributed by atoms with Crippen molar-refractivity contribution in [3.05, 3.63) is 100 Å². The lowest BCUT2D eigenvalue weighted by atomic mass is 10.0. The predicted molar refractivity (Wildman–Crippen MR) is 121 cm³/mol. The van der Waals surface area contributed by atoms with E-state index in [1.54, 1.807) is 6.07 Å². The zero-order valence-corrected chi connectivity index (χ0v) is 17.6. The monoisotopic (exact) mass is 396 g/mol. The summed E-state index contributed by atoms with van der Waals surface area (Å²) in [4.78, 5) is 28.2. The number of nitrogens with one attached hydrogen (secondary N) is 1. The predicted octanol–water partition coefficient (Wildman–Crippen LogP) is 5.32. The molecule has 0 saturated heterocycles. The van der Waals surface area contributed by atoms with E-state index in [1.807, 2.05) is 88.4 Å². The maximum absolute atomic E-state index is 13.5. The van der Waals surface area contributed by atoms with Gasteiger partial charge in [-0.05, 0) is 62.6 Å². The van der Waals surface area contributed by atoms with Crippen LogP contribution in [0.3, 0.4) is 0 Å². The minimum atomic E-state index is -0.346. The van der Waals surface area contributed by atoms with Crippen LogP contribution < -0.4 is 10.2 Å². The second kappa shape index (κ2) is 7.64. The first-order valence-electron chi connectivity index (χ1n) is 9.96. The van der Waals surface area contributed by atoms with E-state index in [0.717, 1.165) is 33.5 Å². The van der Waals surface area contributed by atoms with Crippen LogP contribution in [0.15, 0.2) is 72.4 Å². The fourth-order valence-corrected chi connectivity index (χ4v) is 3.72. The van der Waals surface area contributed by atoms with E-state index >= 15 is 0 Å². The molecule has 0 aliphatic carbocycles. The van der Waals surface area contributed by atoms with Crippen molar-refractivity contribution in [1.29, 1.82) is 0 Å². The van der Waals surface area contributed by atoms with E-state index in [2.05, 4.69) is 5.32 Å². The van der Waals surface area contributed by atoms with Gasteiger partial charge in [0.15, 0.2) is 0 Å². The number of rotatable bonds is 4. The van der Waals surface area contributed by atoms with Gasteiger partial charge in [-0.15, -0.1) is 0 Å². The summed E-state index contributed by atoms with van der Waals surface area (Å²) in [5.41, 5.74) is 7.04. The third-order valence-corrected chi connectivity index (χ3v) is 5.33. The average Bonchev–Trinajstić information content (AvgIpc) is 2.94. The van der Waals surface area contributed by atoms with Crippen molar-refractivity contribution < 1.29 is 9.59 Å². The number of hydrogen-bond donors (Lipinski definition) is 1. The zero-order valence-electron chi connectivity index (χ0n) is 17.6. The number of carbonyl (C=O) groups excluding carboxylic acids is 2. The summed E-state index contributed by atoms with van der Waals surface area (Å²) in [7, 11) is 0. The molecule has 0 unspecified atom stereocenters. The lowest BCUT2D eigenvalue weighted by molar-refractivity contribution is -0.120. The molecule has 0 radical (unpaired) electrons. The molecule has 0 atom stereocenters. The van der Waals surface area contributed by atoms with Crippen molar-refractivity contribution in [1.82, 2.24) is 0 Å². The van der Waals surface area contributed by atoms with E-state index in [0.29, 0.717) is 17.0 Å². The van der Waals surface area contributed by atoms with E-state index in [9.17, 15) is 9.59 Å². The van der Waals surface area contributed by atoms with E-state index in [-0.39, 0.29) is 11.8 Å². The number of hydrogen-bond acceptors (Lipinski definition) is 3. The minimum Gasteiger partial charge on any atom is -0.350 e. The quantitative estimate of drug-likeness (QED) is 0.608. The van der Waals surface area contributed by atoms with Crippen molar-refractivity contribution in [2.45, 2.75) is 27.7 Å². The smallest absolute Gasteiger partial charge is 0.282 e. The molecule has 0 bridgehead atoms. The lowest BCUT2D eigenvalue weighted by Crippen LogP contribution is -2.32. The third kappa shape index (κ3) is 3.52. The Balaban J connectivity index is 1.84. The molecule has 0 saturated carbocycles.